The lowest BCUT2D eigenvalue weighted by Gasteiger charge is -2.32. The maximum Gasteiger partial charge on any atom is 0.244 e. The molecule has 1 N–H and O–H groups in total. The number of rotatable bonds is 9. The minimum Gasteiger partial charge on any atom is -0.352 e. The molecule has 2 aromatic carbocycles. The van der Waals surface area contributed by atoms with Crippen LogP contribution < -0.4 is 9.62 Å². The topological polar surface area (TPSA) is 86.8 Å². The van der Waals surface area contributed by atoms with Gasteiger partial charge in [-0.05, 0) is 57.4 Å². The van der Waals surface area contributed by atoms with E-state index in [1.54, 1.807) is 32.0 Å². The molecule has 0 bridgehead atoms. The van der Waals surface area contributed by atoms with Crippen LogP contribution in [0.1, 0.15) is 37.5 Å². The van der Waals surface area contributed by atoms with Gasteiger partial charge in [0.05, 0.1) is 11.9 Å². The summed E-state index contributed by atoms with van der Waals surface area (Å²) >= 11 is 0. The first-order valence-corrected chi connectivity index (χ1v) is 12.4. The molecule has 0 saturated carbocycles. The second-order valence-corrected chi connectivity index (χ2v) is 10.3. The van der Waals surface area contributed by atoms with Crippen LogP contribution in [0.25, 0.3) is 0 Å². The molecule has 0 spiro atoms. The van der Waals surface area contributed by atoms with Gasteiger partial charge in [-0.3, -0.25) is 13.9 Å². The standard InChI is InChI=1S/C24H33N3O4S/c1-17(2)25-24(29)20(5)26(15-21-13-9-7-11-18(21)3)23(28)16-27(32(6,30)31)22-14-10-8-12-19(22)4/h7-14,17,20H,15-16H2,1-6H3,(H,25,29)/t20-/m0/s1. The fourth-order valence-corrected chi connectivity index (χ4v) is 4.30. The molecular formula is C24H33N3O4S. The molecule has 32 heavy (non-hydrogen) atoms. The van der Waals surface area contributed by atoms with E-state index in [0.29, 0.717) is 5.69 Å². The molecule has 2 rings (SSSR count). The Balaban J connectivity index is 2.42. The van der Waals surface area contributed by atoms with Gasteiger partial charge in [0.15, 0.2) is 0 Å². The van der Waals surface area contributed by atoms with Crippen LogP contribution in [0.15, 0.2) is 48.5 Å². The van der Waals surface area contributed by atoms with Gasteiger partial charge in [-0.15, -0.1) is 0 Å². The number of carbonyl (C=O) groups excluding carboxylic acids is 2. The summed E-state index contributed by atoms with van der Waals surface area (Å²) in [5.74, 6) is -0.739. The fourth-order valence-electron chi connectivity index (χ4n) is 3.40. The van der Waals surface area contributed by atoms with E-state index >= 15 is 0 Å². The van der Waals surface area contributed by atoms with Gasteiger partial charge in [-0.2, -0.15) is 0 Å². The highest BCUT2D eigenvalue weighted by molar-refractivity contribution is 7.92. The molecule has 7 nitrogen and oxygen atoms in total. The highest BCUT2D eigenvalue weighted by Gasteiger charge is 2.30. The molecule has 0 saturated heterocycles. The number of nitrogens with zero attached hydrogens (tertiary/aromatic N) is 2. The Morgan fingerprint density at radius 2 is 1.50 bits per heavy atom. The maximum absolute atomic E-state index is 13.5. The van der Waals surface area contributed by atoms with Crippen LogP contribution in [0, 0.1) is 13.8 Å². The number of nitrogens with one attached hydrogen (secondary N) is 1. The van der Waals surface area contributed by atoms with Crippen molar-refractivity contribution in [2.75, 3.05) is 17.1 Å². The second-order valence-electron chi connectivity index (χ2n) is 8.34. The van der Waals surface area contributed by atoms with Crippen molar-refractivity contribution in [1.29, 1.82) is 0 Å². The number of sulfonamides is 1. The molecule has 1 atom stereocenters. The first kappa shape index (κ1) is 25.4. The zero-order valence-electron chi connectivity index (χ0n) is 19.6. The van der Waals surface area contributed by atoms with Gasteiger partial charge in [-0.25, -0.2) is 8.42 Å². The van der Waals surface area contributed by atoms with Crippen molar-refractivity contribution in [2.45, 2.75) is 53.2 Å². The highest BCUT2D eigenvalue weighted by Crippen LogP contribution is 2.23. The van der Waals surface area contributed by atoms with E-state index < -0.39 is 28.5 Å². The van der Waals surface area contributed by atoms with Crippen molar-refractivity contribution in [3.63, 3.8) is 0 Å². The number of amides is 2. The number of para-hydroxylation sites is 1. The summed E-state index contributed by atoms with van der Waals surface area (Å²) < 4.78 is 26.3. The third-order valence-electron chi connectivity index (χ3n) is 5.26. The van der Waals surface area contributed by atoms with Crippen LogP contribution in [-0.4, -0.2) is 50.0 Å². The summed E-state index contributed by atoms with van der Waals surface area (Å²) in [6.07, 6.45) is 1.08. The molecule has 0 fully saturated rings. The lowest BCUT2D eigenvalue weighted by Crippen LogP contribution is -2.52. The summed E-state index contributed by atoms with van der Waals surface area (Å²) in [6, 6.07) is 13.8. The number of anilines is 1. The summed E-state index contributed by atoms with van der Waals surface area (Å²) in [7, 11) is -3.73. The van der Waals surface area contributed by atoms with Gasteiger partial charge in [0.1, 0.15) is 12.6 Å². The predicted molar refractivity (Wildman–Crippen MR) is 128 cm³/mol. The summed E-state index contributed by atoms with van der Waals surface area (Å²) in [5.41, 5.74) is 3.06. The monoisotopic (exact) mass is 459 g/mol. The molecule has 0 aromatic heterocycles. The normalized spacial score (nSPS) is 12.3. The SMILES string of the molecule is Cc1ccccc1CN(C(=O)CN(c1ccccc1C)S(C)(=O)=O)[C@@H](C)C(=O)NC(C)C. The van der Waals surface area contributed by atoms with Crippen molar-refractivity contribution in [1.82, 2.24) is 10.2 Å². The molecule has 0 heterocycles. The molecule has 0 aliphatic carbocycles. The average Bonchev–Trinajstić information content (AvgIpc) is 2.70. The lowest BCUT2D eigenvalue weighted by atomic mass is 10.1. The van der Waals surface area contributed by atoms with Gasteiger partial charge < -0.3 is 10.2 Å². The van der Waals surface area contributed by atoms with Crippen LogP contribution in [0.4, 0.5) is 5.69 Å². The van der Waals surface area contributed by atoms with Crippen molar-refractivity contribution in [3.05, 3.63) is 65.2 Å². The molecule has 2 aromatic rings. The maximum atomic E-state index is 13.5. The lowest BCUT2D eigenvalue weighted by molar-refractivity contribution is -0.139. The van der Waals surface area contributed by atoms with Crippen molar-refractivity contribution < 1.29 is 18.0 Å². The van der Waals surface area contributed by atoms with Crippen LogP contribution in [0.3, 0.4) is 0 Å². The van der Waals surface area contributed by atoms with Gasteiger partial charge in [0.25, 0.3) is 0 Å². The van der Waals surface area contributed by atoms with Crippen molar-refractivity contribution in [2.24, 2.45) is 0 Å². The minimum absolute atomic E-state index is 0.0835. The van der Waals surface area contributed by atoms with E-state index in [9.17, 15) is 18.0 Å². The minimum atomic E-state index is -3.73. The fraction of sp³-hybridized carbons (Fsp3) is 0.417. The van der Waals surface area contributed by atoms with Crippen LogP contribution in [0.2, 0.25) is 0 Å². The summed E-state index contributed by atoms with van der Waals surface area (Å²) in [5, 5.41) is 2.84. The van der Waals surface area contributed by atoms with E-state index in [1.807, 2.05) is 51.1 Å². The number of aryl methyl sites for hydroxylation is 2. The zero-order valence-corrected chi connectivity index (χ0v) is 20.4. The number of hydrogen-bond acceptors (Lipinski definition) is 4. The van der Waals surface area contributed by atoms with Crippen molar-refractivity contribution >= 4 is 27.5 Å². The highest BCUT2D eigenvalue weighted by atomic mass is 32.2. The first-order chi connectivity index (χ1) is 14.9. The first-order valence-electron chi connectivity index (χ1n) is 10.6. The zero-order chi connectivity index (χ0) is 24.1. The van der Waals surface area contributed by atoms with E-state index in [1.165, 1.54) is 4.90 Å². The predicted octanol–water partition coefficient (Wildman–Crippen LogP) is 3.01. The van der Waals surface area contributed by atoms with E-state index in [0.717, 1.165) is 27.3 Å². The van der Waals surface area contributed by atoms with E-state index in [-0.39, 0.29) is 18.5 Å². The Labute approximate surface area is 191 Å². The molecule has 174 valence electrons. The van der Waals surface area contributed by atoms with Gasteiger partial charge in [0, 0.05) is 12.6 Å². The largest absolute Gasteiger partial charge is 0.352 e. The Bertz CT molecular complexity index is 1070. The number of hydrogen-bond donors (Lipinski definition) is 1. The smallest absolute Gasteiger partial charge is 0.244 e. The summed E-state index contributed by atoms with van der Waals surface area (Å²) in [6.45, 7) is 8.89. The van der Waals surface area contributed by atoms with Crippen LogP contribution >= 0.6 is 0 Å². The average molecular weight is 460 g/mol. The number of carbonyl (C=O) groups is 2. The second kappa shape index (κ2) is 10.6. The Kier molecular flexibility index (Phi) is 8.44. The molecule has 8 heteroatoms. The number of benzene rings is 2. The summed E-state index contributed by atoms with van der Waals surface area (Å²) in [4.78, 5) is 27.7. The van der Waals surface area contributed by atoms with Gasteiger partial charge in [-0.1, -0.05) is 42.5 Å². The Morgan fingerprint density at radius 3 is 2.03 bits per heavy atom. The molecular weight excluding hydrogens is 426 g/mol. The Hall–Kier alpha value is -2.87. The third-order valence-corrected chi connectivity index (χ3v) is 6.39. The quantitative estimate of drug-likeness (QED) is 0.625. The van der Waals surface area contributed by atoms with Gasteiger partial charge >= 0.3 is 0 Å². The van der Waals surface area contributed by atoms with E-state index in [4.69, 9.17) is 0 Å². The third kappa shape index (κ3) is 6.56. The molecule has 0 aliphatic rings. The molecule has 0 aliphatic heterocycles. The van der Waals surface area contributed by atoms with Crippen molar-refractivity contribution in [3.8, 4) is 0 Å². The Morgan fingerprint density at radius 1 is 0.938 bits per heavy atom. The van der Waals surface area contributed by atoms with Crippen LogP contribution in [0.5, 0.6) is 0 Å². The van der Waals surface area contributed by atoms with Crippen LogP contribution in [-0.2, 0) is 26.2 Å². The molecule has 0 radical (unpaired) electrons. The molecule has 0 unspecified atom stereocenters. The van der Waals surface area contributed by atoms with Gasteiger partial charge in [0.2, 0.25) is 21.8 Å². The van der Waals surface area contributed by atoms with E-state index in [2.05, 4.69) is 5.32 Å². The molecule has 2 amide bonds.